The van der Waals surface area contributed by atoms with E-state index < -0.39 is 0 Å². The second-order valence-electron chi connectivity index (χ2n) is 7.38. The van der Waals surface area contributed by atoms with Gasteiger partial charge in [0.1, 0.15) is 0 Å². The van der Waals surface area contributed by atoms with Gasteiger partial charge >= 0.3 is 0 Å². The highest BCUT2D eigenvalue weighted by Crippen LogP contribution is 2.17. The van der Waals surface area contributed by atoms with Crippen LogP contribution in [0.5, 0.6) is 0 Å². The predicted octanol–water partition coefficient (Wildman–Crippen LogP) is 2.25. The largest absolute Gasteiger partial charge is 0.393 e. The number of piperidine rings is 1. The van der Waals surface area contributed by atoms with Crippen LogP contribution in [-0.4, -0.2) is 48.2 Å². The smallest absolute Gasteiger partial charge is 0.191 e. The number of aliphatic imine (C=N–C) groups is 1. The second-order valence-corrected chi connectivity index (χ2v) is 7.38. The first-order chi connectivity index (χ1) is 12.2. The molecule has 1 aliphatic carbocycles. The van der Waals surface area contributed by atoms with E-state index in [0.717, 1.165) is 45.0 Å². The molecule has 1 heterocycles. The van der Waals surface area contributed by atoms with Gasteiger partial charge in [0.15, 0.2) is 5.96 Å². The fraction of sp³-hybridized carbons (Fsp3) is 0.650. The van der Waals surface area contributed by atoms with Crippen molar-refractivity contribution in [1.82, 2.24) is 15.5 Å². The van der Waals surface area contributed by atoms with E-state index in [1.807, 2.05) is 7.05 Å². The van der Waals surface area contributed by atoms with Gasteiger partial charge < -0.3 is 15.7 Å². The number of nitrogens with one attached hydrogen (secondary N) is 2. The first-order valence-corrected chi connectivity index (χ1v) is 9.68. The number of benzene rings is 1. The van der Waals surface area contributed by atoms with Crippen molar-refractivity contribution in [3.05, 3.63) is 35.4 Å². The normalized spacial score (nSPS) is 20.8. The summed E-state index contributed by atoms with van der Waals surface area (Å²) < 4.78 is 0. The molecule has 1 aromatic carbocycles. The third kappa shape index (κ3) is 5.72. The number of likely N-dealkylation sites (tertiary alicyclic amines) is 1. The monoisotopic (exact) mass is 344 g/mol. The Bertz CT molecular complexity index is 543. The van der Waals surface area contributed by atoms with Crippen molar-refractivity contribution in [2.75, 3.05) is 20.1 Å². The van der Waals surface area contributed by atoms with E-state index in [2.05, 4.69) is 44.8 Å². The van der Waals surface area contributed by atoms with Crippen LogP contribution in [0.15, 0.2) is 29.3 Å². The first kappa shape index (κ1) is 18.2. The molecule has 3 rings (SSSR count). The van der Waals surface area contributed by atoms with E-state index >= 15 is 0 Å². The Kier molecular flexibility index (Phi) is 6.70. The summed E-state index contributed by atoms with van der Waals surface area (Å²) in [6.07, 6.45) is 6.85. The lowest BCUT2D eigenvalue weighted by molar-refractivity contribution is 0.0792. The molecule has 5 heteroatoms. The van der Waals surface area contributed by atoms with Gasteiger partial charge in [-0.2, -0.15) is 0 Å². The number of hydrogen-bond donors (Lipinski definition) is 3. The third-order valence-electron chi connectivity index (χ3n) is 5.37. The molecule has 2 aliphatic rings. The summed E-state index contributed by atoms with van der Waals surface area (Å²) in [5.41, 5.74) is 2.61. The Morgan fingerprint density at radius 3 is 2.36 bits per heavy atom. The molecule has 0 atom stereocenters. The van der Waals surface area contributed by atoms with Gasteiger partial charge in [-0.05, 0) is 36.8 Å². The number of aliphatic hydroxyl groups is 1. The first-order valence-electron chi connectivity index (χ1n) is 9.68. The van der Waals surface area contributed by atoms with E-state index in [1.54, 1.807) is 0 Å². The number of guanidine groups is 1. The van der Waals surface area contributed by atoms with Crippen molar-refractivity contribution in [2.45, 2.75) is 63.8 Å². The quantitative estimate of drug-likeness (QED) is 0.566. The summed E-state index contributed by atoms with van der Waals surface area (Å²) in [6, 6.07) is 9.41. The Morgan fingerprint density at radius 2 is 1.72 bits per heavy atom. The van der Waals surface area contributed by atoms with Crippen LogP contribution in [-0.2, 0) is 13.1 Å². The fourth-order valence-electron chi connectivity index (χ4n) is 3.74. The lowest BCUT2D eigenvalue weighted by Crippen LogP contribution is -2.41. The zero-order valence-electron chi connectivity index (χ0n) is 15.4. The maximum Gasteiger partial charge on any atom is 0.191 e. The van der Waals surface area contributed by atoms with Crippen LogP contribution in [0.3, 0.4) is 0 Å². The summed E-state index contributed by atoms with van der Waals surface area (Å²) in [5, 5.41) is 16.5. The number of hydrogen-bond acceptors (Lipinski definition) is 3. The lowest BCUT2D eigenvalue weighted by Gasteiger charge is -2.29. The van der Waals surface area contributed by atoms with Gasteiger partial charge in [-0.1, -0.05) is 37.1 Å². The van der Waals surface area contributed by atoms with Crippen LogP contribution >= 0.6 is 0 Å². The van der Waals surface area contributed by atoms with Crippen LogP contribution < -0.4 is 10.6 Å². The van der Waals surface area contributed by atoms with Crippen LogP contribution in [0.1, 0.15) is 49.7 Å². The molecule has 0 amide bonds. The molecule has 2 fully saturated rings. The van der Waals surface area contributed by atoms with E-state index in [4.69, 9.17) is 0 Å². The number of aliphatic hydroxyl groups excluding tert-OH is 1. The fourth-order valence-corrected chi connectivity index (χ4v) is 3.74. The molecule has 1 saturated carbocycles. The Labute approximate surface area is 151 Å². The molecule has 0 unspecified atom stereocenters. The van der Waals surface area contributed by atoms with Crippen molar-refractivity contribution in [3.63, 3.8) is 0 Å². The molecule has 1 aromatic rings. The Hall–Kier alpha value is -1.59. The van der Waals surface area contributed by atoms with Crippen LogP contribution in [0.2, 0.25) is 0 Å². The van der Waals surface area contributed by atoms with Crippen molar-refractivity contribution in [2.24, 2.45) is 4.99 Å². The molecule has 0 bridgehead atoms. The predicted molar refractivity (Wildman–Crippen MR) is 103 cm³/mol. The molecular weight excluding hydrogens is 312 g/mol. The highest BCUT2D eigenvalue weighted by Gasteiger charge is 2.17. The van der Waals surface area contributed by atoms with Crippen molar-refractivity contribution in [3.8, 4) is 0 Å². The van der Waals surface area contributed by atoms with Crippen LogP contribution in [0.25, 0.3) is 0 Å². The highest BCUT2D eigenvalue weighted by atomic mass is 16.3. The van der Waals surface area contributed by atoms with Gasteiger partial charge in [0, 0.05) is 39.3 Å². The van der Waals surface area contributed by atoms with Gasteiger partial charge in [0.25, 0.3) is 0 Å². The van der Waals surface area contributed by atoms with Gasteiger partial charge in [0.2, 0.25) is 0 Å². The molecular formula is C20H32N4O. The minimum Gasteiger partial charge on any atom is -0.393 e. The van der Waals surface area contributed by atoms with Gasteiger partial charge in [0.05, 0.1) is 6.10 Å². The zero-order chi connectivity index (χ0) is 17.5. The molecule has 5 nitrogen and oxygen atoms in total. The van der Waals surface area contributed by atoms with Crippen molar-refractivity contribution >= 4 is 5.96 Å². The molecule has 25 heavy (non-hydrogen) atoms. The molecule has 1 aliphatic heterocycles. The maximum absolute atomic E-state index is 9.59. The standard InChI is InChI=1S/C20H32N4O/c1-21-20(23-18-4-2-3-5-18)22-14-16-6-8-17(9-7-16)15-24-12-10-19(25)11-13-24/h6-9,18-19,25H,2-5,10-15H2,1H3,(H2,21,22,23). The molecule has 3 N–H and O–H groups in total. The maximum atomic E-state index is 9.59. The van der Waals surface area contributed by atoms with Gasteiger partial charge in [-0.3, -0.25) is 9.89 Å². The van der Waals surface area contributed by atoms with E-state index in [1.165, 1.54) is 36.8 Å². The van der Waals surface area contributed by atoms with Gasteiger partial charge in [-0.15, -0.1) is 0 Å². The number of nitrogens with zero attached hydrogens (tertiary/aromatic N) is 2. The summed E-state index contributed by atoms with van der Waals surface area (Å²) in [6.45, 7) is 3.76. The highest BCUT2D eigenvalue weighted by molar-refractivity contribution is 5.79. The van der Waals surface area contributed by atoms with E-state index in [0.29, 0.717) is 6.04 Å². The van der Waals surface area contributed by atoms with Crippen LogP contribution in [0.4, 0.5) is 0 Å². The second kappa shape index (κ2) is 9.20. The summed E-state index contributed by atoms with van der Waals surface area (Å²) in [7, 11) is 1.84. The topological polar surface area (TPSA) is 59.9 Å². The SMILES string of the molecule is CN=C(NCc1ccc(CN2CCC(O)CC2)cc1)NC1CCCC1. The lowest BCUT2D eigenvalue weighted by atomic mass is 10.1. The Morgan fingerprint density at radius 1 is 1.08 bits per heavy atom. The van der Waals surface area contributed by atoms with E-state index in [-0.39, 0.29) is 6.10 Å². The Balaban J connectivity index is 1.43. The average molecular weight is 345 g/mol. The van der Waals surface area contributed by atoms with Gasteiger partial charge in [-0.25, -0.2) is 0 Å². The molecule has 1 saturated heterocycles. The van der Waals surface area contributed by atoms with Crippen molar-refractivity contribution < 1.29 is 5.11 Å². The summed E-state index contributed by atoms with van der Waals surface area (Å²) >= 11 is 0. The summed E-state index contributed by atoms with van der Waals surface area (Å²) in [4.78, 5) is 6.76. The minimum atomic E-state index is -0.100. The van der Waals surface area contributed by atoms with Crippen molar-refractivity contribution in [1.29, 1.82) is 0 Å². The molecule has 138 valence electrons. The zero-order valence-corrected chi connectivity index (χ0v) is 15.4. The minimum absolute atomic E-state index is 0.100. The van der Waals surface area contributed by atoms with E-state index in [9.17, 15) is 5.11 Å². The molecule has 0 aromatic heterocycles. The third-order valence-corrected chi connectivity index (χ3v) is 5.37. The molecule has 0 spiro atoms. The molecule has 0 radical (unpaired) electrons. The summed E-state index contributed by atoms with van der Waals surface area (Å²) in [5.74, 6) is 0.905. The van der Waals surface area contributed by atoms with Crippen LogP contribution in [0, 0.1) is 0 Å². The average Bonchev–Trinajstić information content (AvgIpc) is 3.15. The number of rotatable bonds is 5.